The summed E-state index contributed by atoms with van der Waals surface area (Å²) in [5, 5.41) is 12.0. The summed E-state index contributed by atoms with van der Waals surface area (Å²) >= 11 is 0. The van der Waals surface area contributed by atoms with Crippen LogP contribution in [0.1, 0.15) is 42.4 Å². The third kappa shape index (κ3) is 7.32. The lowest BCUT2D eigenvalue weighted by atomic mass is 9.92. The summed E-state index contributed by atoms with van der Waals surface area (Å²) in [6, 6.07) is 7.40. The molecule has 1 aromatic heterocycles. The van der Waals surface area contributed by atoms with E-state index in [4.69, 9.17) is 10.00 Å². The van der Waals surface area contributed by atoms with Crippen molar-refractivity contribution >= 4 is 17.4 Å². The number of nitrogens with zero attached hydrogens (tertiary/aromatic N) is 4. The Morgan fingerprint density at radius 3 is 2.26 bits per heavy atom. The molecule has 1 N–H and O–H groups in total. The first-order valence-electron chi connectivity index (χ1n) is 12.5. The maximum Gasteiger partial charge on any atom is 0.417 e. The zero-order valence-corrected chi connectivity index (χ0v) is 20.9. The lowest BCUT2D eigenvalue weighted by Crippen LogP contribution is -2.50. The Labute approximate surface area is 221 Å². The molecule has 1 aromatic carbocycles. The fourth-order valence-electron chi connectivity index (χ4n) is 4.78. The first kappa shape index (κ1) is 28.5. The van der Waals surface area contributed by atoms with Crippen LogP contribution in [-0.2, 0) is 21.9 Å². The Morgan fingerprint density at radius 2 is 1.69 bits per heavy atom. The highest BCUT2D eigenvalue weighted by Crippen LogP contribution is 2.34. The normalized spacial score (nSPS) is 20.4. The number of amides is 1. The van der Waals surface area contributed by atoms with Crippen LogP contribution in [0.5, 0.6) is 0 Å². The second-order valence-corrected chi connectivity index (χ2v) is 9.57. The van der Waals surface area contributed by atoms with Crippen LogP contribution in [-0.4, -0.2) is 60.7 Å². The van der Waals surface area contributed by atoms with Crippen molar-refractivity contribution in [2.24, 2.45) is 0 Å². The van der Waals surface area contributed by atoms with Gasteiger partial charge in [-0.2, -0.15) is 31.6 Å². The molecule has 2 aliphatic rings. The van der Waals surface area contributed by atoms with Crippen LogP contribution in [0.15, 0.2) is 36.5 Å². The number of alkyl halides is 6. The minimum absolute atomic E-state index is 0.0542. The molecule has 0 atom stereocenters. The second kappa shape index (κ2) is 11.7. The molecule has 7 nitrogen and oxygen atoms in total. The number of rotatable bonds is 6. The van der Waals surface area contributed by atoms with Crippen LogP contribution in [0.2, 0.25) is 0 Å². The van der Waals surface area contributed by atoms with Crippen LogP contribution in [0.25, 0.3) is 0 Å². The van der Waals surface area contributed by atoms with E-state index in [9.17, 15) is 31.1 Å². The zero-order valence-electron chi connectivity index (χ0n) is 20.9. The van der Waals surface area contributed by atoms with Crippen LogP contribution in [0.4, 0.5) is 37.8 Å². The zero-order chi connectivity index (χ0) is 28.2. The van der Waals surface area contributed by atoms with Gasteiger partial charge in [0.2, 0.25) is 5.91 Å². The number of carbonyl (C=O) groups is 1. The lowest BCUT2D eigenvalue weighted by molar-refractivity contribution is -0.139. The molecule has 2 heterocycles. The first-order chi connectivity index (χ1) is 18.4. The molecule has 1 saturated heterocycles. The quantitative estimate of drug-likeness (QED) is 0.501. The van der Waals surface area contributed by atoms with Gasteiger partial charge in [-0.05, 0) is 56.0 Å². The van der Waals surface area contributed by atoms with Crippen molar-refractivity contribution in [1.82, 2.24) is 9.88 Å². The number of carbonyl (C=O) groups excluding carboxylic acids is 1. The van der Waals surface area contributed by atoms with Crippen molar-refractivity contribution in [2.45, 2.75) is 50.2 Å². The Morgan fingerprint density at radius 1 is 1.00 bits per heavy atom. The molecule has 1 saturated carbocycles. The van der Waals surface area contributed by atoms with Gasteiger partial charge in [0.25, 0.3) is 0 Å². The molecule has 2 fully saturated rings. The molecule has 0 radical (unpaired) electrons. The van der Waals surface area contributed by atoms with Gasteiger partial charge in [0.15, 0.2) is 0 Å². The molecule has 0 bridgehead atoms. The SMILES string of the molecule is N#Cc1ccc(N[C@H]2CC[C@H](OCC(=O)N3CCN(c4ccc(C(F)(F)F)cn4)CC3)CC2)cc1C(F)(F)F. The van der Waals surface area contributed by atoms with Crippen LogP contribution >= 0.6 is 0 Å². The molecular weight excluding hydrogens is 528 g/mol. The number of nitriles is 1. The second-order valence-electron chi connectivity index (χ2n) is 9.57. The topological polar surface area (TPSA) is 81.5 Å². The first-order valence-corrected chi connectivity index (χ1v) is 12.5. The predicted molar refractivity (Wildman–Crippen MR) is 130 cm³/mol. The number of anilines is 2. The number of ether oxygens (including phenoxy) is 1. The van der Waals surface area contributed by atoms with Gasteiger partial charge >= 0.3 is 12.4 Å². The van der Waals surface area contributed by atoms with Crippen molar-refractivity contribution < 1.29 is 35.9 Å². The smallest absolute Gasteiger partial charge is 0.382 e. The van der Waals surface area contributed by atoms with E-state index in [-0.39, 0.29) is 24.7 Å². The summed E-state index contributed by atoms with van der Waals surface area (Å²) < 4.78 is 83.6. The number of aromatic nitrogens is 1. The van der Waals surface area contributed by atoms with Gasteiger partial charge in [-0.15, -0.1) is 0 Å². The molecule has 39 heavy (non-hydrogen) atoms. The van der Waals surface area contributed by atoms with E-state index in [2.05, 4.69) is 10.3 Å². The number of piperazine rings is 1. The molecule has 1 amide bonds. The van der Waals surface area contributed by atoms with Gasteiger partial charge in [0, 0.05) is 44.1 Å². The standard InChI is InChI=1S/C26H27F6N5O2/c27-25(28,29)18-2-8-23(34-15-18)36-9-11-37(12-10-36)24(38)16-39-21-6-4-19(5-7-21)35-20-3-1-17(14-33)22(13-20)26(30,31)32/h1-3,8,13,15,19,21,35H,4-7,9-12,16H2/t19-,21-. The number of nitrogens with one attached hydrogen (secondary N) is 1. The van der Waals surface area contributed by atoms with E-state index in [1.807, 2.05) is 4.90 Å². The minimum Gasteiger partial charge on any atom is -0.382 e. The maximum absolute atomic E-state index is 13.2. The van der Waals surface area contributed by atoms with Crippen LogP contribution in [0, 0.1) is 11.3 Å². The molecule has 0 spiro atoms. The fraction of sp³-hybridized carbons (Fsp3) is 0.500. The van der Waals surface area contributed by atoms with E-state index in [1.165, 1.54) is 12.1 Å². The maximum atomic E-state index is 13.2. The van der Waals surface area contributed by atoms with E-state index >= 15 is 0 Å². The minimum atomic E-state index is -4.62. The molecule has 210 valence electrons. The van der Waals surface area contributed by atoms with Crippen molar-refractivity contribution in [2.75, 3.05) is 43.0 Å². The molecule has 0 unspecified atom stereocenters. The van der Waals surface area contributed by atoms with Gasteiger partial charge in [-0.1, -0.05) is 0 Å². The molecule has 13 heteroatoms. The Hall–Kier alpha value is -3.53. The van der Waals surface area contributed by atoms with E-state index in [0.29, 0.717) is 63.4 Å². The summed E-state index contributed by atoms with van der Waals surface area (Å²) in [6.07, 6.45) is -5.82. The Kier molecular flexibility index (Phi) is 8.54. The van der Waals surface area contributed by atoms with Gasteiger partial charge in [-0.3, -0.25) is 4.79 Å². The molecule has 2 aromatic rings. The Balaban J connectivity index is 1.18. The van der Waals surface area contributed by atoms with Crippen molar-refractivity contribution in [3.8, 4) is 6.07 Å². The van der Waals surface area contributed by atoms with Crippen LogP contribution < -0.4 is 10.2 Å². The van der Waals surface area contributed by atoms with Gasteiger partial charge in [-0.25, -0.2) is 4.98 Å². The van der Waals surface area contributed by atoms with Gasteiger partial charge < -0.3 is 19.9 Å². The van der Waals surface area contributed by atoms with Crippen molar-refractivity contribution in [1.29, 1.82) is 5.26 Å². The average molecular weight is 556 g/mol. The van der Waals surface area contributed by atoms with Crippen molar-refractivity contribution in [3.05, 3.63) is 53.2 Å². The third-order valence-corrected chi connectivity index (χ3v) is 6.96. The molecule has 4 rings (SSSR count). The predicted octanol–water partition coefficient (Wildman–Crippen LogP) is 5.08. The van der Waals surface area contributed by atoms with E-state index in [0.717, 1.165) is 24.4 Å². The summed E-state index contributed by atoms with van der Waals surface area (Å²) in [5.74, 6) is 0.250. The Bertz CT molecular complexity index is 1180. The highest BCUT2D eigenvalue weighted by atomic mass is 19.4. The van der Waals surface area contributed by atoms with Crippen LogP contribution in [0.3, 0.4) is 0 Å². The lowest BCUT2D eigenvalue weighted by Gasteiger charge is -2.36. The number of halogens is 6. The molecule has 1 aliphatic heterocycles. The highest BCUT2D eigenvalue weighted by molar-refractivity contribution is 5.77. The molecule has 1 aliphatic carbocycles. The number of hydrogen-bond acceptors (Lipinski definition) is 6. The summed E-state index contributed by atoms with van der Waals surface area (Å²) in [7, 11) is 0. The highest BCUT2D eigenvalue weighted by Gasteiger charge is 2.34. The fourth-order valence-corrected chi connectivity index (χ4v) is 4.78. The monoisotopic (exact) mass is 555 g/mol. The number of pyridine rings is 1. The largest absolute Gasteiger partial charge is 0.417 e. The number of benzene rings is 1. The van der Waals surface area contributed by atoms with E-state index < -0.39 is 29.0 Å². The molecular formula is C26H27F6N5O2. The van der Waals surface area contributed by atoms with Crippen molar-refractivity contribution in [3.63, 3.8) is 0 Å². The van der Waals surface area contributed by atoms with Gasteiger partial charge in [0.1, 0.15) is 12.4 Å². The summed E-state index contributed by atoms with van der Waals surface area (Å²) in [4.78, 5) is 20.0. The third-order valence-electron chi connectivity index (χ3n) is 6.96. The summed E-state index contributed by atoms with van der Waals surface area (Å²) in [5.41, 5.74) is -1.91. The number of hydrogen-bond donors (Lipinski definition) is 1. The van der Waals surface area contributed by atoms with Gasteiger partial charge in [0.05, 0.1) is 28.9 Å². The average Bonchev–Trinajstić information content (AvgIpc) is 2.91. The summed E-state index contributed by atoms with van der Waals surface area (Å²) in [6.45, 7) is 1.57. The van der Waals surface area contributed by atoms with E-state index in [1.54, 1.807) is 11.0 Å².